The van der Waals surface area contributed by atoms with Crippen LogP contribution in [0.3, 0.4) is 0 Å². The lowest BCUT2D eigenvalue weighted by atomic mass is 9.93. The van der Waals surface area contributed by atoms with Gasteiger partial charge in [-0.25, -0.2) is 19.7 Å². The zero-order chi connectivity index (χ0) is 31.4. The summed E-state index contributed by atoms with van der Waals surface area (Å²) in [6.07, 6.45) is -1.77. The smallest absolute Gasteiger partial charge is 0.481 e. The number of alkyl halides is 3. The number of carbonyl (C=O) groups is 1. The van der Waals surface area contributed by atoms with E-state index in [0.29, 0.717) is 54.9 Å². The van der Waals surface area contributed by atoms with Crippen molar-refractivity contribution < 1.29 is 27.4 Å². The van der Waals surface area contributed by atoms with E-state index in [1.165, 1.54) is 11.3 Å². The van der Waals surface area contributed by atoms with E-state index in [0.717, 1.165) is 32.6 Å². The van der Waals surface area contributed by atoms with Gasteiger partial charge in [0.05, 0.1) is 23.0 Å². The first-order chi connectivity index (χ1) is 21.7. The number of benzene rings is 2. The fourth-order valence-electron chi connectivity index (χ4n) is 5.19. The highest BCUT2D eigenvalue weighted by Gasteiger charge is 2.42. The number of methoxy groups -OCH3 is 1. The third kappa shape index (κ3) is 7.66. The van der Waals surface area contributed by atoms with Gasteiger partial charge in [-0.05, 0) is 55.0 Å². The standard InChI is InChI=1S/C32H29F3N6O3S/c1-43-28-14-8-21(18-36-28)20-7-13-25-26(16-20)45-31(39-25)41-27-17-23(15-19-5-3-2-4-6-19)38-30(40-27)37-22-9-11-24(12-10-22)44-29(42)32(33,34)35/h2-8,13-14,16-18,22,24H,9-12,15H2,1H3,(H2,37,38,39,40,41). The second-order valence-corrected chi connectivity index (χ2v) is 11.7. The second-order valence-electron chi connectivity index (χ2n) is 10.7. The molecule has 6 rings (SSSR count). The lowest BCUT2D eigenvalue weighted by Gasteiger charge is -2.29. The van der Waals surface area contributed by atoms with Crippen LogP contribution in [0.25, 0.3) is 21.3 Å². The highest BCUT2D eigenvalue weighted by Crippen LogP contribution is 2.33. The van der Waals surface area contributed by atoms with Gasteiger partial charge in [0.15, 0.2) is 5.13 Å². The van der Waals surface area contributed by atoms with Gasteiger partial charge < -0.3 is 20.1 Å². The summed E-state index contributed by atoms with van der Waals surface area (Å²) in [4.78, 5) is 29.7. The highest BCUT2D eigenvalue weighted by molar-refractivity contribution is 7.22. The second kappa shape index (κ2) is 13.1. The van der Waals surface area contributed by atoms with Crippen molar-refractivity contribution in [2.24, 2.45) is 0 Å². The zero-order valence-electron chi connectivity index (χ0n) is 24.2. The van der Waals surface area contributed by atoms with Gasteiger partial charge in [0.1, 0.15) is 11.9 Å². The number of nitrogens with zero attached hydrogens (tertiary/aromatic N) is 4. The lowest BCUT2D eigenvalue weighted by Crippen LogP contribution is -2.35. The molecular formula is C32H29F3N6O3S. The number of anilines is 3. The molecule has 1 saturated carbocycles. The van der Waals surface area contributed by atoms with Crippen LogP contribution in [0.15, 0.2) is 72.9 Å². The number of esters is 1. The molecule has 0 atom stereocenters. The summed E-state index contributed by atoms with van der Waals surface area (Å²) in [6, 6.07) is 21.5. The predicted octanol–water partition coefficient (Wildman–Crippen LogP) is 7.32. The molecule has 0 radical (unpaired) electrons. The molecular weight excluding hydrogens is 605 g/mol. The van der Waals surface area contributed by atoms with Crippen molar-refractivity contribution in [1.82, 2.24) is 19.9 Å². The van der Waals surface area contributed by atoms with E-state index >= 15 is 0 Å². The molecule has 0 spiro atoms. The Morgan fingerprint density at radius 2 is 1.73 bits per heavy atom. The van der Waals surface area contributed by atoms with Crippen molar-refractivity contribution in [2.45, 2.75) is 50.4 Å². The summed E-state index contributed by atoms with van der Waals surface area (Å²) in [5.41, 5.74) is 4.68. The minimum absolute atomic E-state index is 0.0843. The Kier molecular flexibility index (Phi) is 8.78. The summed E-state index contributed by atoms with van der Waals surface area (Å²) in [7, 11) is 1.58. The zero-order valence-corrected chi connectivity index (χ0v) is 25.0. The topological polar surface area (TPSA) is 111 Å². The van der Waals surface area contributed by atoms with Crippen molar-refractivity contribution >= 4 is 44.4 Å². The molecule has 9 nitrogen and oxygen atoms in total. The SMILES string of the molecule is COc1ccc(-c2ccc3nc(Nc4cc(Cc5ccccc5)nc(NC5CCC(OC(=O)C(F)(F)F)CC5)n4)sc3c2)cn1. The molecule has 1 aliphatic rings. The Balaban J connectivity index is 1.19. The van der Waals surface area contributed by atoms with Crippen molar-refractivity contribution in [3.63, 3.8) is 0 Å². The minimum Gasteiger partial charge on any atom is -0.481 e. The van der Waals surface area contributed by atoms with Crippen molar-refractivity contribution in [2.75, 3.05) is 17.7 Å². The van der Waals surface area contributed by atoms with E-state index in [1.54, 1.807) is 13.3 Å². The van der Waals surface area contributed by atoms with Gasteiger partial charge in [-0.1, -0.05) is 47.7 Å². The number of carbonyl (C=O) groups excluding carboxylic acids is 1. The van der Waals surface area contributed by atoms with Gasteiger partial charge >= 0.3 is 12.1 Å². The molecule has 0 amide bonds. The van der Waals surface area contributed by atoms with Crippen LogP contribution >= 0.6 is 11.3 Å². The number of nitrogens with one attached hydrogen (secondary N) is 2. The van der Waals surface area contributed by atoms with Crippen LogP contribution in [0, 0.1) is 0 Å². The molecule has 13 heteroatoms. The average Bonchev–Trinajstić information content (AvgIpc) is 3.43. The molecule has 0 unspecified atom stereocenters. The fourth-order valence-corrected chi connectivity index (χ4v) is 6.10. The molecule has 1 fully saturated rings. The Morgan fingerprint density at radius 3 is 2.44 bits per heavy atom. The predicted molar refractivity (Wildman–Crippen MR) is 166 cm³/mol. The van der Waals surface area contributed by atoms with Crippen LogP contribution in [-0.2, 0) is 16.0 Å². The Morgan fingerprint density at radius 1 is 0.956 bits per heavy atom. The normalized spacial score (nSPS) is 16.7. The summed E-state index contributed by atoms with van der Waals surface area (Å²) in [5.74, 6) is -0.633. The number of pyridine rings is 1. The van der Waals surface area contributed by atoms with Crippen molar-refractivity contribution in [1.29, 1.82) is 0 Å². The molecule has 3 heterocycles. The first-order valence-corrected chi connectivity index (χ1v) is 15.2. The monoisotopic (exact) mass is 634 g/mol. The molecule has 1 aliphatic carbocycles. The number of rotatable bonds is 9. The van der Waals surface area contributed by atoms with Gasteiger partial charge in [0.25, 0.3) is 0 Å². The highest BCUT2D eigenvalue weighted by atomic mass is 32.1. The summed E-state index contributed by atoms with van der Waals surface area (Å²) >= 11 is 1.50. The van der Waals surface area contributed by atoms with Crippen molar-refractivity contribution in [3.8, 4) is 17.0 Å². The van der Waals surface area contributed by atoms with E-state index < -0.39 is 18.2 Å². The van der Waals surface area contributed by atoms with Crippen LogP contribution in [-0.4, -0.2) is 51.3 Å². The number of hydrogen-bond donors (Lipinski definition) is 2. The lowest BCUT2D eigenvalue weighted by molar-refractivity contribution is -0.206. The Bertz CT molecular complexity index is 1780. The van der Waals surface area contributed by atoms with Gasteiger partial charge in [-0.15, -0.1) is 0 Å². The van der Waals surface area contributed by atoms with Crippen LogP contribution in [0.5, 0.6) is 5.88 Å². The van der Waals surface area contributed by atoms with E-state index in [-0.39, 0.29) is 6.04 Å². The first-order valence-electron chi connectivity index (χ1n) is 14.4. The molecule has 3 aromatic heterocycles. The maximum atomic E-state index is 12.6. The van der Waals surface area contributed by atoms with E-state index in [1.807, 2.05) is 60.7 Å². The summed E-state index contributed by atoms with van der Waals surface area (Å²) < 4.78 is 48.6. The summed E-state index contributed by atoms with van der Waals surface area (Å²) in [5, 5.41) is 7.34. The van der Waals surface area contributed by atoms with Gasteiger partial charge in [-0.2, -0.15) is 18.2 Å². The number of hydrogen-bond acceptors (Lipinski definition) is 10. The van der Waals surface area contributed by atoms with E-state index in [9.17, 15) is 18.0 Å². The fraction of sp³-hybridized carbons (Fsp3) is 0.281. The van der Waals surface area contributed by atoms with Crippen LogP contribution in [0.4, 0.5) is 30.1 Å². The van der Waals surface area contributed by atoms with Crippen LogP contribution in [0.2, 0.25) is 0 Å². The van der Waals surface area contributed by atoms with Crippen molar-refractivity contribution in [3.05, 3.63) is 84.2 Å². The minimum atomic E-state index is -4.99. The molecule has 45 heavy (non-hydrogen) atoms. The van der Waals surface area contributed by atoms with Gasteiger partial charge in [-0.3, -0.25) is 0 Å². The maximum absolute atomic E-state index is 12.6. The third-order valence-corrected chi connectivity index (χ3v) is 8.36. The number of thiazole rings is 1. The molecule has 2 N–H and O–H groups in total. The Hall–Kier alpha value is -4.78. The van der Waals surface area contributed by atoms with Gasteiger partial charge in [0, 0.05) is 36.4 Å². The average molecular weight is 635 g/mol. The number of fused-ring (bicyclic) bond motifs is 1. The number of ether oxygens (including phenoxy) is 2. The molecule has 0 aliphatic heterocycles. The van der Waals surface area contributed by atoms with E-state index in [4.69, 9.17) is 19.7 Å². The summed E-state index contributed by atoms with van der Waals surface area (Å²) in [6.45, 7) is 0. The molecule has 5 aromatic rings. The first kappa shape index (κ1) is 30.3. The number of aromatic nitrogens is 4. The molecule has 2 aromatic carbocycles. The molecule has 232 valence electrons. The number of halogens is 3. The van der Waals surface area contributed by atoms with E-state index in [2.05, 4.69) is 26.4 Å². The van der Waals surface area contributed by atoms with Crippen LogP contribution < -0.4 is 15.4 Å². The third-order valence-electron chi connectivity index (χ3n) is 7.42. The van der Waals surface area contributed by atoms with Gasteiger partial charge in [0.2, 0.25) is 11.8 Å². The molecule has 0 bridgehead atoms. The molecule has 0 saturated heterocycles. The van der Waals surface area contributed by atoms with Crippen LogP contribution in [0.1, 0.15) is 36.9 Å². The maximum Gasteiger partial charge on any atom is 0.490 e. The largest absolute Gasteiger partial charge is 0.490 e. The quantitative estimate of drug-likeness (QED) is 0.161. The Labute approximate surface area is 260 Å².